The van der Waals surface area contributed by atoms with Crippen molar-refractivity contribution in [1.82, 2.24) is 0 Å². The summed E-state index contributed by atoms with van der Waals surface area (Å²) in [6.07, 6.45) is 0. The van der Waals surface area contributed by atoms with Crippen LogP contribution in [-0.2, 0) is 0 Å². The predicted octanol–water partition coefficient (Wildman–Crippen LogP) is 3.44. The molecule has 0 heterocycles. The van der Waals surface area contributed by atoms with Crippen LogP contribution < -0.4 is 16.4 Å². The van der Waals surface area contributed by atoms with E-state index in [4.69, 9.17) is 22.6 Å². The Bertz CT molecular complexity index is 694. The SMILES string of the molecule is N#Cc1cccc(NC(=O)Nc2cc(N)ccc2Cl)c1. The van der Waals surface area contributed by atoms with Gasteiger partial charge in [-0.1, -0.05) is 17.7 Å². The van der Waals surface area contributed by atoms with Crippen molar-refractivity contribution >= 4 is 34.7 Å². The fraction of sp³-hybridized carbons (Fsp3) is 0. The molecule has 0 aromatic heterocycles. The second-order valence-corrected chi connectivity index (χ2v) is 4.42. The number of urea groups is 1. The molecule has 0 atom stereocenters. The van der Waals surface area contributed by atoms with Gasteiger partial charge in [0.1, 0.15) is 0 Å². The Morgan fingerprint density at radius 3 is 2.75 bits per heavy atom. The molecule has 4 N–H and O–H groups in total. The number of nitrogens with one attached hydrogen (secondary N) is 2. The number of hydrogen-bond acceptors (Lipinski definition) is 3. The molecule has 2 rings (SSSR count). The van der Waals surface area contributed by atoms with Crippen LogP contribution in [0.25, 0.3) is 0 Å². The lowest BCUT2D eigenvalue weighted by Crippen LogP contribution is -2.19. The molecule has 2 amide bonds. The molecule has 20 heavy (non-hydrogen) atoms. The van der Waals surface area contributed by atoms with E-state index in [1.54, 1.807) is 42.5 Å². The van der Waals surface area contributed by atoms with E-state index in [0.717, 1.165) is 0 Å². The van der Waals surface area contributed by atoms with Crippen LogP contribution >= 0.6 is 11.6 Å². The Balaban J connectivity index is 2.09. The summed E-state index contributed by atoms with van der Waals surface area (Å²) in [6.45, 7) is 0. The zero-order valence-corrected chi connectivity index (χ0v) is 11.1. The Hall–Kier alpha value is -2.71. The quantitative estimate of drug-likeness (QED) is 0.739. The first-order chi connectivity index (χ1) is 9.58. The minimum atomic E-state index is -0.465. The van der Waals surface area contributed by atoms with Gasteiger partial charge >= 0.3 is 6.03 Å². The summed E-state index contributed by atoms with van der Waals surface area (Å²) in [4.78, 5) is 11.8. The first-order valence-corrected chi connectivity index (χ1v) is 6.09. The van der Waals surface area contributed by atoms with Crippen molar-refractivity contribution in [1.29, 1.82) is 5.26 Å². The first kappa shape index (κ1) is 13.7. The van der Waals surface area contributed by atoms with E-state index in [1.807, 2.05) is 6.07 Å². The standard InChI is InChI=1S/C14H11ClN4O/c15-12-5-4-10(17)7-13(12)19-14(20)18-11-3-1-2-9(6-11)8-16/h1-7H,17H2,(H2,18,19,20). The molecule has 0 aliphatic heterocycles. The topological polar surface area (TPSA) is 90.9 Å². The average Bonchev–Trinajstić information content (AvgIpc) is 2.43. The monoisotopic (exact) mass is 286 g/mol. The second-order valence-electron chi connectivity index (χ2n) is 4.01. The van der Waals surface area contributed by atoms with Gasteiger partial charge in [-0.25, -0.2) is 4.79 Å². The van der Waals surface area contributed by atoms with E-state index in [9.17, 15) is 4.79 Å². The molecule has 0 aliphatic rings. The molecular formula is C14H11ClN4O. The van der Waals surface area contributed by atoms with Crippen LogP contribution in [0, 0.1) is 11.3 Å². The molecular weight excluding hydrogens is 276 g/mol. The Kier molecular flexibility index (Phi) is 4.08. The zero-order chi connectivity index (χ0) is 14.5. The number of nitriles is 1. The lowest BCUT2D eigenvalue weighted by molar-refractivity contribution is 0.262. The maximum atomic E-state index is 11.8. The number of benzene rings is 2. The molecule has 0 fully saturated rings. The van der Waals surface area contributed by atoms with Gasteiger partial charge in [-0.2, -0.15) is 5.26 Å². The molecule has 0 unspecified atom stereocenters. The number of hydrogen-bond donors (Lipinski definition) is 3. The smallest absolute Gasteiger partial charge is 0.323 e. The van der Waals surface area contributed by atoms with Crippen LogP contribution in [0.2, 0.25) is 5.02 Å². The van der Waals surface area contributed by atoms with Crippen LogP contribution in [-0.4, -0.2) is 6.03 Å². The van der Waals surface area contributed by atoms with Gasteiger partial charge in [-0.15, -0.1) is 0 Å². The van der Waals surface area contributed by atoms with Gasteiger partial charge in [0, 0.05) is 11.4 Å². The summed E-state index contributed by atoms with van der Waals surface area (Å²) >= 11 is 5.95. The summed E-state index contributed by atoms with van der Waals surface area (Å²) in [6, 6.07) is 12.9. The third kappa shape index (κ3) is 3.40. The number of rotatable bonds is 2. The Labute approximate surface area is 121 Å². The van der Waals surface area contributed by atoms with E-state index in [0.29, 0.717) is 27.6 Å². The number of halogens is 1. The van der Waals surface area contributed by atoms with E-state index in [2.05, 4.69) is 10.6 Å². The normalized spacial score (nSPS) is 9.60. The predicted molar refractivity (Wildman–Crippen MR) is 79.7 cm³/mol. The molecule has 2 aromatic rings. The molecule has 0 radical (unpaired) electrons. The Morgan fingerprint density at radius 2 is 2.00 bits per heavy atom. The number of nitrogen functional groups attached to an aromatic ring is 1. The molecule has 100 valence electrons. The highest BCUT2D eigenvalue weighted by atomic mass is 35.5. The maximum absolute atomic E-state index is 11.8. The molecule has 0 spiro atoms. The minimum absolute atomic E-state index is 0.389. The van der Waals surface area contributed by atoms with Crippen LogP contribution in [0.3, 0.4) is 0 Å². The van der Waals surface area contributed by atoms with Crippen molar-refractivity contribution in [3.8, 4) is 6.07 Å². The van der Waals surface area contributed by atoms with E-state index < -0.39 is 6.03 Å². The van der Waals surface area contributed by atoms with Crippen LogP contribution in [0.4, 0.5) is 21.9 Å². The van der Waals surface area contributed by atoms with Crippen molar-refractivity contribution in [3.63, 3.8) is 0 Å². The largest absolute Gasteiger partial charge is 0.399 e. The van der Waals surface area contributed by atoms with Crippen molar-refractivity contribution < 1.29 is 4.79 Å². The van der Waals surface area contributed by atoms with Gasteiger partial charge < -0.3 is 16.4 Å². The summed E-state index contributed by atoms with van der Waals surface area (Å²) in [7, 11) is 0. The number of carbonyl (C=O) groups excluding carboxylic acids is 1. The number of carbonyl (C=O) groups is 1. The molecule has 0 saturated heterocycles. The molecule has 2 aromatic carbocycles. The molecule has 0 aliphatic carbocycles. The number of amides is 2. The second kappa shape index (κ2) is 5.95. The first-order valence-electron chi connectivity index (χ1n) is 5.71. The average molecular weight is 287 g/mol. The van der Waals surface area contributed by atoms with E-state index in [1.165, 1.54) is 0 Å². The lowest BCUT2D eigenvalue weighted by atomic mass is 10.2. The molecule has 0 saturated carbocycles. The molecule has 0 bridgehead atoms. The van der Waals surface area contributed by atoms with Gasteiger partial charge in [0.15, 0.2) is 0 Å². The van der Waals surface area contributed by atoms with Gasteiger partial charge in [0.2, 0.25) is 0 Å². The van der Waals surface area contributed by atoms with Crippen LogP contribution in [0.15, 0.2) is 42.5 Å². The van der Waals surface area contributed by atoms with Gasteiger partial charge in [0.25, 0.3) is 0 Å². The fourth-order valence-electron chi connectivity index (χ4n) is 1.59. The van der Waals surface area contributed by atoms with Gasteiger partial charge in [-0.05, 0) is 36.4 Å². The van der Waals surface area contributed by atoms with Crippen LogP contribution in [0.1, 0.15) is 5.56 Å². The van der Waals surface area contributed by atoms with Gasteiger partial charge in [-0.3, -0.25) is 0 Å². The van der Waals surface area contributed by atoms with E-state index >= 15 is 0 Å². The highest BCUT2D eigenvalue weighted by Gasteiger charge is 2.06. The number of anilines is 3. The summed E-state index contributed by atoms with van der Waals surface area (Å²) in [5.41, 5.74) is 7.52. The maximum Gasteiger partial charge on any atom is 0.323 e. The highest BCUT2D eigenvalue weighted by Crippen LogP contribution is 2.24. The van der Waals surface area contributed by atoms with Gasteiger partial charge in [0.05, 0.1) is 22.3 Å². The molecule has 5 nitrogen and oxygen atoms in total. The summed E-state index contributed by atoms with van der Waals surface area (Å²) < 4.78 is 0. The molecule has 6 heteroatoms. The van der Waals surface area contributed by atoms with Crippen molar-refractivity contribution in [2.45, 2.75) is 0 Å². The third-order valence-electron chi connectivity index (χ3n) is 2.49. The van der Waals surface area contributed by atoms with Crippen molar-refractivity contribution in [2.75, 3.05) is 16.4 Å². The van der Waals surface area contributed by atoms with Crippen molar-refractivity contribution in [3.05, 3.63) is 53.1 Å². The lowest BCUT2D eigenvalue weighted by Gasteiger charge is -2.09. The zero-order valence-electron chi connectivity index (χ0n) is 10.4. The third-order valence-corrected chi connectivity index (χ3v) is 2.82. The number of nitrogens with zero attached hydrogens (tertiary/aromatic N) is 1. The Morgan fingerprint density at radius 1 is 1.20 bits per heavy atom. The minimum Gasteiger partial charge on any atom is -0.399 e. The summed E-state index contributed by atoms with van der Waals surface area (Å²) in [5, 5.41) is 14.4. The van der Waals surface area contributed by atoms with E-state index in [-0.39, 0.29) is 0 Å². The van der Waals surface area contributed by atoms with Crippen LogP contribution in [0.5, 0.6) is 0 Å². The fourth-order valence-corrected chi connectivity index (χ4v) is 1.75. The number of nitrogens with two attached hydrogens (primary N) is 1. The summed E-state index contributed by atoms with van der Waals surface area (Å²) in [5.74, 6) is 0. The van der Waals surface area contributed by atoms with Crippen molar-refractivity contribution in [2.24, 2.45) is 0 Å². The highest BCUT2D eigenvalue weighted by molar-refractivity contribution is 6.34.